The van der Waals surface area contributed by atoms with Crippen molar-refractivity contribution in [2.24, 2.45) is 98.8 Å². The molecule has 2 aromatic heterocycles. The van der Waals surface area contributed by atoms with Crippen molar-refractivity contribution in [3.8, 4) is 0 Å². The number of nitrogens with one attached hydrogen (secondary N) is 6. The lowest BCUT2D eigenvalue weighted by atomic mass is 10.3. The molecule has 0 unspecified atom stereocenters. The summed E-state index contributed by atoms with van der Waals surface area (Å²) in [6.07, 6.45) is 10.5. The molecule has 0 amide bonds. The van der Waals surface area contributed by atoms with Gasteiger partial charge < -0.3 is 101 Å². The van der Waals surface area contributed by atoms with E-state index in [-0.39, 0.29) is 35.8 Å². The van der Waals surface area contributed by atoms with Crippen molar-refractivity contribution in [1.82, 2.24) is 29.9 Å². The van der Waals surface area contributed by atoms with Gasteiger partial charge in [0.2, 0.25) is 53.6 Å². The summed E-state index contributed by atoms with van der Waals surface area (Å²) in [7, 11) is 0. The fourth-order valence-electron chi connectivity index (χ4n) is 5.03. The highest BCUT2D eigenvalue weighted by atomic mass is 15.3. The summed E-state index contributed by atoms with van der Waals surface area (Å²) < 4.78 is 0. The highest BCUT2D eigenvalue weighted by Crippen LogP contribution is 2.12. The highest BCUT2D eigenvalue weighted by Gasteiger charge is 2.08. The molecule has 0 atom stereocenters. The van der Waals surface area contributed by atoms with Gasteiger partial charge in [-0.05, 0) is 96.7 Å². The smallest absolute Gasteiger partial charge is 0.229 e. The van der Waals surface area contributed by atoms with Crippen LogP contribution in [0.1, 0.15) is 77.0 Å². The third-order valence-electron chi connectivity index (χ3n) is 8.17. The van der Waals surface area contributed by atoms with Crippen LogP contribution in [0.3, 0.4) is 0 Å². The van der Waals surface area contributed by atoms with E-state index >= 15 is 0 Å². The summed E-state index contributed by atoms with van der Waals surface area (Å²) in [5.41, 5.74) is 64.9. The Morgan fingerprint density at radius 3 is 0.682 bits per heavy atom. The molecule has 0 radical (unpaired) electrons. The number of nitrogens with zero attached hydrogens (tertiary/aromatic N) is 12. The summed E-state index contributed by atoms with van der Waals surface area (Å²) in [4.78, 5) is 49.8. The Bertz CT molecular complexity index is 1670. The fourth-order valence-corrected chi connectivity index (χ4v) is 5.03. The zero-order valence-electron chi connectivity index (χ0n) is 38.3. The number of guanidine groups is 6. The van der Waals surface area contributed by atoms with E-state index in [1.807, 2.05) is 0 Å². The summed E-state index contributed by atoms with van der Waals surface area (Å²) in [6.45, 7) is 7.70. The number of aromatic nitrogens is 6. The van der Waals surface area contributed by atoms with Gasteiger partial charge in [-0.15, -0.1) is 0 Å². The predicted octanol–water partition coefficient (Wildman–Crippen LogP) is -3.46. The second-order valence-corrected chi connectivity index (χ2v) is 14.1. The van der Waals surface area contributed by atoms with Gasteiger partial charge in [-0.3, -0.25) is 15.0 Å². The number of hydrogen-bond donors (Lipinski definition) is 18. The summed E-state index contributed by atoms with van der Waals surface area (Å²) in [5.74, 6) is 2.84. The van der Waals surface area contributed by atoms with Crippen LogP contribution in [0.25, 0.3) is 0 Å². The first-order valence-corrected chi connectivity index (χ1v) is 22.1. The normalized spacial score (nSPS) is 11.4. The van der Waals surface area contributed by atoms with Crippen LogP contribution in [0, 0.1) is 0 Å². The third kappa shape index (κ3) is 32.6. The van der Waals surface area contributed by atoms with Crippen molar-refractivity contribution in [2.75, 3.05) is 110 Å². The average Bonchev–Trinajstić information content (AvgIpc) is 3.26. The molecule has 2 rings (SSSR count). The van der Waals surface area contributed by atoms with Crippen LogP contribution in [-0.4, -0.2) is 144 Å². The molecular formula is C36H78N30. The number of nitrogens with two attached hydrogens (primary N) is 12. The molecule has 30 nitrogen and oxygen atoms in total. The molecule has 2 aromatic rings. The molecule has 0 spiro atoms. The van der Waals surface area contributed by atoms with E-state index in [2.05, 4.69) is 91.8 Å². The zero-order chi connectivity index (χ0) is 48.6. The van der Waals surface area contributed by atoms with Crippen molar-refractivity contribution >= 4 is 71.4 Å². The van der Waals surface area contributed by atoms with Gasteiger partial charge in [0.15, 0.2) is 17.9 Å². The molecule has 0 aliphatic heterocycles. The fraction of sp³-hybridized carbons (Fsp3) is 0.667. The van der Waals surface area contributed by atoms with Crippen molar-refractivity contribution < 1.29 is 0 Å². The van der Waals surface area contributed by atoms with E-state index in [1.165, 1.54) is 0 Å². The predicted molar refractivity (Wildman–Crippen MR) is 270 cm³/mol. The van der Waals surface area contributed by atoms with Crippen molar-refractivity contribution in [3.05, 3.63) is 0 Å². The minimum absolute atomic E-state index is 0.0607. The number of unbranched alkanes of at least 4 members (excludes halogenated alkanes) is 6. The lowest BCUT2D eigenvalue weighted by molar-refractivity contribution is 0.758. The first-order chi connectivity index (χ1) is 31.8. The molecule has 66 heavy (non-hydrogen) atoms. The first kappa shape index (κ1) is 56.9. The van der Waals surface area contributed by atoms with Crippen LogP contribution in [0.15, 0.2) is 30.0 Å². The van der Waals surface area contributed by atoms with E-state index in [4.69, 9.17) is 68.8 Å². The number of aliphatic imine (C=N–C) groups is 6. The SMILES string of the molecule is NCCCCNc1nc(NCCCCN)nc(NCCCCN=C(N)N=C(N)N)n1.NCCCCNc1nc(NCCCCN=C(N)N=C(N)N)nc(NCCCCN=C(N)N=C(N)N)n1. The van der Waals surface area contributed by atoms with E-state index in [0.29, 0.717) is 101 Å². The first-order valence-electron chi connectivity index (χ1n) is 22.1. The maximum absolute atomic E-state index is 5.58. The Hall–Kier alpha value is -7.08. The topological polar surface area (TPSA) is 536 Å². The van der Waals surface area contributed by atoms with E-state index in [1.54, 1.807) is 0 Å². The Morgan fingerprint density at radius 1 is 0.303 bits per heavy atom. The van der Waals surface area contributed by atoms with Crippen molar-refractivity contribution in [3.63, 3.8) is 0 Å². The Kier molecular flexibility index (Phi) is 32.2. The lowest BCUT2D eigenvalue weighted by Crippen LogP contribution is -2.26. The molecular weight excluding hydrogens is 853 g/mol. The molecule has 0 saturated heterocycles. The van der Waals surface area contributed by atoms with E-state index < -0.39 is 0 Å². The molecule has 0 saturated carbocycles. The van der Waals surface area contributed by atoms with Crippen molar-refractivity contribution in [1.29, 1.82) is 0 Å². The molecule has 0 aromatic carbocycles. The van der Waals surface area contributed by atoms with Crippen LogP contribution < -0.4 is 101 Å². The number of hydrogen-bond acceptors (Lipinski definition) is 18. The summed E-state index contributed by atoms with van der Waals surface area (Å²) in [5, 5.41) is 19.3. The van der Waals surface area contributed by atoms with Gasteiger partial charge in [0.25, 0.3) is 0 Å². The minimum atomic E-state index is -0.120. The third-order valence-corrected chi connectivity index (χ3v) is 8.17. The maximum atomic E-state index is 5.58. The Balaban J connectivity index is 0.000000671. The second kappa shape index (κ2) is 37.3. The quantitative estimate of drug-likeness (QED) is 0.0188. The molecule has 30 N–H and O–H groups in total. The second-order valence-electron chi connectivity index (χ2n) is 14.1. The van der Waals surface area contributed by atoms with Crippen LogP contribution in [0.2, 0.25) is 0 Å². The number of anilines is 6. The molecule has 372 valence electrons. The van der Waals surface area contributed by atoms with Gasteiger partial charge in [0.1, 0.15) is 0 Å². The molecule has 0 fully saturated rings. The zero-order valence-corrected chi connectivity index (χ0v) is 38.3. The largest absolute Gasteiger partial charge is 0.370 e. The Labute approximate surface area is 387 Å². The summed E-state index contributed by atoms with van der Waals surface area (Å²) >= 11 is 0. The van der Waals surface area contributed by atoms with Gasteiger partial charge in [0, 0.05) is 58.9 Å². The molecule has 2 heterocycles. The van der Waals surface area contributed by atoms with Crippen LogP contribution in [0.4, 0.5) is 35.7 Å². The molecule has 0 aliphatic rings. The van der Waals surface area contributed by atoms with Crippen LogP contribution in [0.5, 0.6) is 0 Å². The Morgan fingerprint density at radius 2 is 0.500 bits per heavy atom. The standard InChI is InChI=1S/C19H41N17.C17H37N13/c20-7-1-2-10-29-17-34-18(30-11-5-3-8-27-15(25)32-13(21)22)36-19(35-17)31-12-6-4-9-28-16(26)33-14(23)24;18-7-1-3-10-24-15-28-16(25-11-4-2-8-19)30-17(29-15)26-12-6-5-9-23-14(22)27-13(20)21/h1-12,20H2,(H6,21,22,25,27,32)(H6,23,24,26,28,33)(H3,29,30,31,34,35,36);1-12,18-19H2,(H6,20,21,22,23,27)(H3,24,25,26,28,29,30). The minimum Gasteiger partial charge on any atom is -0.370 e. The monoisotopic (exact) mass is 931 g/mol. The van der Waals surface area contributed by atoms with Crippen molar-refractivity contribution in [2.45, 2.75) is 77.0 Å². The summed E-state index contributed by atoms with van der Waals surface area (Å²) in [6, 6.07) is 0. The van der Waals surface area contributed by atoms with Gasteiger partial charge in [0.05, 0.1) is 0 Å². The molecule has 0 aliphatic carbocycles. The highest BCUT2D eigenvalue weighted by molar-refractivity contribution is 5.93. The maximum Gasteiger partial charge on any atom is 0.229 e. The molecule has 0 bridgehead atoms. The number of rotatable bonds is 33. The average molecular weight is 931 g/mol. The van der Waals surface area contributed by atoms with Crippen LogP contribution in [-0.2, 0) is 0 Å². The van der Waals surface area contributed by atoms with Gasteiger partial charge >= 0.3 is 0 Å². The van der Waals surface area contributed by atoms with Crippen LogP contribution >= 0.6 is 0 Å². The van der Waals surface area contributed by atoms with E-state index in [9.17, 15) is 0 Å². The van der Waals surface area contributed by atoms with E-state index in [0.717, 1.165) is 90.1 Å². The lowest BCUT2D eigenvalue weighted by Gasteiger charge is -2.11. The van der Waals surface area contributed by atoms with Gasteiger partial charge in [-0.2, -0.15) is 44.9 Å². The van der Waals surface area contributed by atoms with Gasteiger partial charge in [-0.1, -0.05) is 0 Å². The molecule has 30 heteroatoms. The van der Waals surface area contributed by atoms with Gasteiger partial charge in [-0.25, -0.2) is 0 Å².